The van der Waals surface area contributed by atoms with E-state index in [0.717, 1.165) is 26.9 Å². The zero-order valence-corrected chi connectivity index (χ0v) is 19.9. The molecule has 166 valence electrons. The lowest BCUT2D eigenvalue weighted by Crippen LogP contribution is -2.20. The molecular formula is C25H26BrN3O3. The lowest BCUT2D eigenvalue weighted by molar-refractivity contribution is -0.118. The fourth-order valence-electron chi connectivity index (χ4n) is 2.89. The molecule has 0 spiro atoms. The highest BCUT2D eigenvalue weighted by Gasteiger charge is 2.11. The van der Waals surface area contributed by atoms with Gasteiger partial charge in [0.1, 0.15) is 0 Å². The molecule has 3 aromatic carbocycles. The Hall–Kier alpha value is -3.32. The van der Waals surface area contributed by atoms with E-state index in [4.69, 9.17) is 9.47 Å². The third kappa shape index (κ3) is 6.59. The summed E-state index contributed by atoms with van der Waals surface area (Å²) in [5.41, 5.74) is 7.67. The predicted octanol–water partition coefficient (Wildman–Crippen LogP) is 5.93. The standard InChI is InChI=1S/C25H26BrN3O3/c1-4-31-24-14-19(15-27-29-20-8-6-5-7-9-20)10-11-23(24)32-16-25(30)28-22-13-18(3)17(2)12-21(22)26/h5-15,29H,4,16H2,1-3H3,(H,28,30)/b27-15-. The van der Waals surface area contributed by atoms with Crippen molar-refractivity contribution in [3.63, 3.8) is 0 Å². The number of benzene rings is 3. The Morgan fingerprint density at radius 1 is 1.00 bits per heavy atom. The van der Waals surface area contributed by atoms with Crippen molar-refractivity contribution in [1.82, 2.24) is 0 Å². The number of aryl methyl sites for hydroxylation is 2. The number of carbonyl (C=O) groups is 1. The second-order valence-corrected chi connectivity index (χ2v) is 7.98. The van der Waals surface area contributed by atoms with Crippen LogP contribution >= 0.6 is 15.9 Å². The predicted molar refractivity (Wildman–Crippen MR) is 133 cm³/mol. The number of carbonyl (C=O) groups excluding carboxylic acids is 1. The maximum atomic E-state index is 12.4. The first kappa shape index (κ1) is 23.3. The molecule has 1 amide bonds. The van der Waals surface area contributed by atoms with Crippen molar-refractivity contribution in [3.8, 4) is 11.5 Å². The Labute approximate surface area is 196 Å². The summed E-state index contributed by atoms with van der Waals surface area (Å²) in [4.78, 5) is 12.4. The van der Waals surface area contributed by atoms with Gasteiger partial charge in [-0.1, -0.05) is 18.2 Å². The van der Waals surface area contributed by atoms with Crippen molar-refractivity contribution in [1.29, 1.82) is 0 Å². The van der Waals surface area contributed by atoms with Crippen molar-refractivity contribution >= 4 is 39.4 Å². The smallest absolute Gasteiger partial charge is 0.262 e. The number of nitrogens with zero attached hydrogens (tertiary/aromatic N) is 1. The minimum Gasteiger partial charge on any atom is -0.490 e. The van der Waals surface area contributed by atoms with Crippen LogP contribution in [-0.2, 0) is 4.79 Å². The van der Waals surface area contributed by atoms with Gasteiger partial charge in [0.15, 0.2) is 18.1 Å². The summed E-state index contributed by atoms with van der Waals surface area (Å²) in [6.45, 7) is 6.26. The first-order valence-corrected chi connectivity index (χ1v) is 11.1. The lowest BCUT2D eigenvalue weighted by Gasteiger charge is -2.14. The van der Waals surface area contributed by atoms with Crippen molar-refractivity contribution in [2.75, 3.05) is 24.0 Å². The van der Waals surface area contributed by atoms with Crippen LogP contribution in [0, 0.1) is 13.8 Å². The van der Waals surface area contributed by atoms with Crippen LogP contribution in [0.15, 0.2) is 70.2 Å². The zero-order valence-electron chi connectivity index (χ0n) is 18.3. The lowest BCUT2D eigenvalue weighted by atomic mass is 10.1. The molecule has 0 bridgehead atoms. The zero-order chi connectivity index (χ0) is 22.9. The van der Waals surface area contributed by atoms with Gasteiger partial charge in [-0.05, 0) is 95.9 Å². The minimum atomic E-state index is -0.255. The van der Waals surface area contributed by atoms with E-state index in [1.165, 1.54) is 0 Å². The van der Waals surface area contributed by atoms with Gasteiger partial charge >= 0.3 is 0 Å². The molecule has 0 aliphatic rings. The maximum absolute atomic E-state index is 12.4. The number of hydrazone groups is 1. The van der Waals surface area contributed by atoms with Gasteiger partial charge in [-0.25, -0.2) is 0 Å². The molecule has 0 atom stereocenters. The molecule has 0 fully saturated rings. The SMILES string of the molecule is CCOc1cc(/C=N\Nc2ccccc2)ccc1OCC(=O)Nc1cc(C)c(C)cc1Br. The molecule has 0 saturated heterocycles. The molecule has 0 heterocycles. The molecule has 3 aromatic rings. The second-order valence-electron chi connectivity index (χ2n) is 7.13. The van der Waals surface area contributed by atoms with Crippen LogP contribution < -0.4 is 20.2 Å². The third-order valence-electron chi connectivity index (χ3n) is 4.66. The van der Waals surface area contributed by atoms with Crippen LogP contribution in [0.3, 0.4) is 0 Å². The number of para-hydroxylation sites is 1. The number of hydrogen-bond acceptors (Lipinski definition) is 5. The highest BCUT2D eigenvalue weighted by Crippen LogP contribution is 2.29. The van der Waals surface area contributed by atoms with E-state index >= 15 is 0 Å². The van der Waals surface area contributed by atoms with Crippen LogP contribution in [0.1, 0.15) is 23.6 Å². The van der Waals surface area contributed by atoms with Gasteiger partial charge in [-0.2, -0.15) is 5.10 Å². The molecule has 2 N–H and O–H groups in total. The van der Waals surface area contributed by atoms with Crippen molar-refractivity contribution in [2.24, 2.45) is 5.10 Å². The number of rotatable bonds is 9. The number of anilines is 2. The first-order chi connectivity index (χ1) is 15.5. The summed E-state index contributed by atoms with van der Waals surface area (Å²) >= 11 is 3.49. The van der Waals surface area contributed by atoms with Crippen LogP contribution in [0.2, 0.25) is 0 Å². The Kier molecular flexibility index (Phi) is 8.27. The Balaban J connectivity index is 1.63. The van der Waals surface area contributed by atoms with Crippen molar-refractivity contribution in [2.45, 2.75) is 20.8 Å². The van der Waals surface area contributed by atoms with Gasteiger partial charge < -0.3 is 14.8 Å². The highest BCUT2D eigenvalue weighted by molar-refractivity contribution is 9.10. The molecule has 7 heteroatoms. The van der Waals surface area contributed by atoms with Gasteiger partial charge in [-0.15, -0.1) is 0 Å². The van der Waals surface area contributed by atoms with Gasteiger partial charge in [-0.3, -0.25) is 10.2 Å². The second kappa shape index (κ2) is 11.3. The minimum absolute atomic E-state index is 0.136. The molecular weight excluding hydrogens is 470 g/mol. The van der Waals surface area contributed by atoms with E-state index in [0.29, 0.717) is 23.8 Å². The van der Waals surface area contributed by atoms with Crippen LogP contribution in [0.5, 0.6) is 11.5 Å². The summed E-state index contributed by atoms with van der Waals surface area (Å²) in [6, 6.07) is 19.0. The van der Waals surface area contributed by atoms with Crippen molar-refractivity contribution in [3.05, 3.63) is 81.8 Å². The Bertz CT molecular complexity index is 1100. The van der Waals surface area contributed by atoms with Gasteiger partial charge in [0, 0.05) is 4.47 Å². The van der Waals surface area contributed by atoms with Gasteiger partial charge in [0.2, 0.25) is 0 Å². The Morgan fingerprint density at radius 3 is 2.50 bits per heavy atom. The largest absolute Gasteiger partial charge is 0.490 e. The number of amides is 1. The van der Waals surface area contributed by atoms with E-state index in [-0.39, 0.29) is 12.5 Å². The molecule has 0 aromatic heterocycles. The van der Waals surface area contributed by atoms with E-state index in [2.05, 4.69) is 31.8 Å². The van der Waals surface area contributed by atoms with Gasteiger partial charge in [0.25, 0.3) is 5.91 Å². The average Bonchev–Trinajstić information content (AvgIpc) is 2.78. The van der Waals surface area contributed by atoms with Crippen LogP contribution in [0.4, 0.5) is 11.4 Å². The number of hydrogen-bond donors (Lipinski definition) is 2. The summed E-state index contributed by atoms with van der Waals surface area (Å²) in [5, 5.41) is 7.12. The molecule has 3 rings (SSSR count). The van der Waals surface area contributed by atoms with Crippen LogP contribution in [-0.4, -0.2) is 25.3 Å². The molecule has 32 heavy (non-hydrogen) atoms. The summed E-state index contributed by atoms with van der Waals surface area (Å²) in [6.07, 6.45) is 1.70. The summed E-state index contributed by atoms with van der Waals surface area (Å²) in [5.74, 6) is 0.791. The normalized spacial score (nSPS) is 10.8. The maximum Gasteiger partial charge on any atom is 0.262 e. The van der Waals surface area contributed by atoms with Crippen LogP contribution in [0.25, 0.3) is 0 Å². The molecule has 0 aliphatic carbocycles. The summed E-state index contributed by atoms with van der Waals surface area (Å²) in [7, 11) is 0. The molecule has 6 nitrogen and oxygen atoms in total. The quantitative estimate of drug-likeness (QED) is 0.285. The van der Waals surface area contributed by atoms with E-state index in [1.54, 1.807) is 12.3 Å². The fourth-order valence-corrected chi connectivity index (χ4v) is 3.45. The fraction of sp³-hybridized carbons (Fsp3) is 0.200. The van der Waals surface area contributed by atoms with E-state index in [9.17, 15) is 4.79 Å². The first-order valence-electron chi connectivity index (χ1n) is 10.3. The number of ether oxygens (including phenoxy) is 2. The number of halogens is 1. The monoisotopic (exact) mass is 495 g/mol. The molecule has 0 radical (unpaired) electrons. The molecule has 0 aliphatic heterocycles. The molecule has 0 saturated carbocycles. The summed E-state index contributed by atoms with van der Waals surface area (Å²) < 4.78 is 12.3. The molecule has 0 unspecified atom stereocenters. The van der Waals surface area contributed by atoms with E-state index < -0.39 is 0 Å². The third-order valence-corrected chi connectivity index (χ3v) is 5.32. The van der Waals surface area contributed by atoms with Crippen molar-refractivity contribution < 1.29 is 14.3 Å². The number of nitrogens with one attached hydrogen (secondary N) is 2. The van der Waals surface area contributed by atoms with E-state index in [1.807, 2.05) is 75.4 Å². The Morgan fingerprint density at radius 2 is 1.75 bits per heavy atom. The van der Waals surface area contributed by atoms with Gasteiger partial charge in [0.05, 0.1) is 24.2 Å². The topological polar surface area (TPSA) is 71.9 Å². The average molecular weight is 496 g/mol. The highest BCUT2D eigenvalue weighted by atomic mass is 79.9.